The second-order valence-corrected chi connectivity index (χ2v) is 7.13. The number of hydrogen-bond acceptors (Lipinski definition) is 5. The molecule has 0 fully saturated rings. The van der Waals surface area contributed by atoms with Gasteiger partial charge in [-0.05, 0) is 49.1 Å². The van der Waals surface area contributed by atoms with Crippen LogP contribution in [0.5, 0.6) is 5.75 Å². The van der Waals surface area contributed by atoms with Gasteiger partial charge in [-0.25, -0.2) is 4.98 Å². The highest BCUT2D eigenvalue weighted by Gasteiger charge is 2.12. The van der Waals surface area contributed by atoms with Crippen molar-refractivity contribution in [1.29, 1.82) is 0 Å². The zero-order chi connectivity index (χ0) is 22.4. The summed E-state index contributed by atoms with van der Waals surface area (Å²) < 4.78 is 28.9. The van der Waals surface area contributed by atoms with Crippen LogP contribution in [-0.2, 0) is 11.2 Å². The Balaban J connectivity index is 1.86. The number of aromatic nitrogens is 3. The largest absolute Gasteiger partial charge is 0.433 e. The average Bonchev–Trinajstić information content (AvgIpc) is 2.72. The van der Waals surface area contributed by atoms with E-state index in [1.165, 1.54) is 18.2 Å². The lowest BCUT2D eigenvalue weighted by Crippen LogP contribution is -2.10. The van der Waals surface area contributed by atoms with Gasteiger partial charge in [0, 0.05) is 18.1 Å². The molecule has 3 rings (SSSR count). The van der Waals surface area contributed by atoms with Crippen LogP contribution < -0.4 is 16.0 Å². The normalized spacial score (nSPS) is 11.0. The molecule has 0 aliphatic carbocycles. The number of unbranched alkanes of at least 4 members (excludes halogenated alkanes) is 1. The van der Waals surface area contributed by atoms with Crippen molar-refractivity contribution < 1.29 is 18.3 Å². The number of pyridine rings is 1. The first-order chi connectivity index (χ1) is 14.8. The van der Waals surface area contributed by atoms with Crippen LogP contribution in [0.15, 0.2) is 47.4 Å². The molecule has 162 valence electrons. The molecular formula is C21H19ClF2N4O3. The lowest BCUT2D eigenvalue weighted by atomic mass is 10.0. The zero-order valence-corrected chi connectivity index (χ0v) is 17.0. The van der Waals surface area contributed by atoms with Crippen LogP contribution in [-0.4, -0.2) is 27.5 Å². The molecule has 2 aromatic heterocycles. The summed E-state index contributed by atoms with van der Waals surface area (Å²) in [5, 5.41) is 0.398. The third kappa shape index (κ3) is 6.32. The number of amides is 1. The molecule has 0 saturated heterocycles. The smallest absolute Gasteiger partial charge is 0.387 e. The Morgan fingerprint density at radius 1 is 1.16 bits per heavy atom. The summed E-state index contributed by atoms with van der Waals surface area (Å²) in [4.78, 5) is 34.2. The van der Waals surface area contributed by atoms with Gasteiger partial charge in [0.1, 0.15) is 11.6 Å². The highest BCUT2D eigenvalue weighted by atomic mass is 35.5. The number of rotatable bonds is 9. The van der Waals surface area contributed by atoms with Crippen LogP contribution in [0.2, 0.25) is 5.02 Å². The molecule has 0 saturated carbocycles. The van der Waals surface area contributed by atoms with Gasteiger partial charge in [0.15, 0.2) is 0 Å². The maximum absolute atomic E-state index is 12.3. The van der Waals surface area contributed by atoms with E-state index in [-0.39, 0.29) is 23.2 Å². The second-order valence-electron chi connectivity index (χ2n) is 6.72. The summed E-state index contributed by atoms with van der Waals surface area (Å²) in [7, 11) is 0. The minimum Gasteiger partial charge on any atom is -0.433 e. The number of halogens is 3. The van der Waals surface area contributed by atoms with E-state index < -0.39 is 12.2 Å². The molecule has 10 heteroatoms. The predicted octanol–water partition coefficient (Wildman–Crippen LogP) is 3.95. The predicted molar refractivity (Wildman–Crippen MR) is 112 cm³/mol. The maximum atomic E-state index is 12.3. The van der Waals surface area contributed by atoms with Gasteiger partial charge < -0.3 is 15.5 Å². The molecule has 0 radical (unpaired) electrons. The summed E-state index contributed by atoms with van der Waals surface area (Å²) in [6, 6.07) is 9.39. The first kappa shape index (κ1) is 22.4. The van der Waals surface area contributed by atoms with Gasteiger partial charge in [-0.2, -0.15) is 8.78 Å². The third-order valence-electron chi connectivity index (χ3n) is 4.39. The number of carbonyl (C=O) groups is 1. The lowest BCUT2D eigenvalue weighted by Gasteiger charge is -2.09. The van der Waals surface area contributed by atoms with Crippen molar-refractivity contribution >= 4 is 17.5 Å². The number of alkyl halides is 2. The van der Waals surface area contributed by atoms with Crippen molar-refractivity contribution in [2.75, 3.05) is 0 Å². The van der Waals surface area contributed by atoms with Crippen molar-refractivity contribution in [3.63, 3.8) is 0 Å². The van der Waals surface area contributed by atoms with Gasteiger partial charge in [0.05, 0.1) is 22.6 Å². The number of primary amides is 1. The first-order valence-electron chi connectivity index (χ1n) is 9.41. The number of carbonyl (C=O) groups excluding carboxylic acids is 1. The monoisotopic (exact) mass is 448 g/mol. The summed E-state index contributed by atoms with van der Waals surface area (Å²) in [5.41, 5.74) is 6.80. The Hall–Kier alpha value is -3.33. The van der Waals surface area contributed by atoms with E-state index >= 15 is 0 Å². The standard InChI is InChI=1S/C21H19ClF2N4O3/c22-15-7-5-12(3-1-2-4-18(25)29)9-14(15)20-27-17(10-19(30)28-20)16-8-6-13(11-26-16)31-21(23)24/h5-11,21H,1-4H2,(H2,25,29)(H,27,28,30). The number of aromatic amines is 1. The minimum absolute atomic E-state index is 0.101. The molecule has 3 aromatic rings. The number of nitrogens with one attached hydrogen (secondary N) is 1. The molecule has 0 bridgehead atoms. The van der Waals surface area contributed by atoms with Crippen molar-refractivity contribution in [3.05, 3.63) is 63.5 Å². The highest BCUT2D eigenvalue weighted by Crippen LogP contribution is 2.28. The van der Waals surface area contributed by atoms with Gasteiger partial charge >= 0.3 is 6.61 Å². The van der Waals surface area contributed by atoms with Crippen LogP contribution in [0, 0.1) is 0 Å². The van der Waals surface area contributed by atoms with Gasteiger partial charge in [0.2, 0.25) is 5.91 Å². The minimum atomic E-state index is -2.96. The summed E-state index contributed by atoms with van der Waals surface area (Å²) in [6.45, 7) is -2.96. The first-order valence-corrected chi connectivity index (χ1v) is 9.79. The summed E-state index contributed by atoms with van der Waals surface area (Å²) in [6.07, 6.45) is 3.60. The molecule has 0 aliphatic rings. The van der Waals surface area contributed by atoms with Crippen molar-refractivity contribution in [2.24, 2.45) is 5.73 Å². The highest BCUT2D eigenvalue weighted by molar-refractivity contribution is 6.33. The molecule has 2 heterocycles. The van der Waals surface area contributed by atoms with E-state index in [0.29, 0.717) is 35.5 Å². The second kappa shape index (κ2) is 10.1. The average molecular weight is 449 g/mol. The zero-order valence-electron chi connectivity index (χ0n) is 16.3. The summed E-state index contributed by atoms with van der Waals surface area (Å²) >= 11 is 6.33. The number of nitrogens with zero attached hydrogens (tertiary/aromatic N) is 2. The molecular weight excluding hydrogens is 430 g/mol. The number of nitrogens with two attached hydrogens (primary N) is 1. The van der Waals surface area contributed by atoms with Crippen molar-refractivity contribution in [3.8, 4) is 28.5 Å². The van der Waals surface area contributed by atoms with Gasteiger partial charge in [0.25, 0.3) is 5.56 Å². The van der Waals surface area contributed by atoms with E-state index in [2.05, 4.69) is 19.7 Å². The van der Waals surface area contributed by atoms with E-state index in [9.17, 15) is 18.4 Å². The van der Waals surface area contributed by atoms with Crippen molar-refractivity contribution in [2.45, 2.75) is 32.3 Å². The molecule has 31 heavy (non-hydrogen) atoms. The van der Waals surface area contributed by atoms with Crippen LogP contribution >= 0.6 is 11.6 Å². The fourth-order valence-corrected chi connectivity index (χ4v) is 3.17. The lowest BCUT2D eigenvalue weighted by molar-refractivity contribution is -0.118. The fraction of sp³-hybridized carbons (Fsp3) is 0.238. The Kier molecular flexibility index (Phi) is 7.30. The SMILES string of the molecule is NC(=O)CCCCc1ccc(Cl)c(-c2nc(-c3ccc(OC(F)F)cn3)cc(=O)[nH]2)c1. The van der Waals surface area contributed by atoms with E-state index in [1.807, 2.05) is 12.1 Å². The number of hydrogen-bond donors (Lipinski definition) is 2. The number of H-pyrrole nitrogens is 1. The molecule has 1 aromatic carbocycles. The van der Waals surface area contributed by atoms with Crippen LogP contribution in [0.3, 0.4) is 0 Å². The molecule has 7 nitrogen and oxygen atoms in total. The molecule has 0 aliphatic heterocycles. The topological polar surface area (TPSA) is 111 Å². The van der Waals surface area contributed by atoms with Crippen LogP contribution in [0.4, 0.5) is 8.78 Å². The Labute approximate surface area is 181 Å². The van der Waals surface area contributed by atoms with Crippen LogP contribution in [0.1, 0.15) is 24.8 Å². The molecule has 0 atom stereocenters. The molecule has 3 N–H and O–H groups in total. The van der Waals surface area contributed by atoms with Gasteiger partial charge in [-0.15, -0.1) is 0 Å². The number of benzene rings is 1. The Bertz CT molecular complexity index is 1120. The third-order valence-corrected chi connectivity index (χ3v) is 4.72. The maximum Gasteiger partial charge on any atom is 0.387 e. The quantitative estimate of drug-likeness (QED) is 0.481. The molecule has 0 unspecified atom stereocenters. The number of aryl methyl sites for hydroxylation is 1. The molecule has 1 amide bonds. The fourth-order valence-electron chi connectivity index (χ4n) is 2.96. The Morgan fingerprint density at radius 3 is 2.65 bits per heavy atom. The number of ether oxygens (including phenoxy) is 1. The van der Waals surface area contributed by atoms with Crippen molar-refractivity contribution in [1.82, 2.24) is 15.0 Å². The van der Waals surface area contributed by atoms with Gasteiger partial charge in [-0.3, -0.25) is 14.6 Å². The van der Waals surface area contributed by atoms with E-state index in [0.717, 1.165) is 18.2 Å². The summed E-state index contributed by atoms with van der Waals surface area (Å²) in [5.74, 6) is -0.185. The van der Waals surface area contributed by atoms with E-state index in [4.69, 9.17) is 17.3 Å². The van der Waals surface area contributed by atoms with E-state index in [1.54, 1.807) is 6.07 Å². The van der Waals surface area contributed by atoms with Gasteiger partial charge in [-0.1, -0.05) is 17.7 Å². The van der Waals surface area contributed by atoms with Crippen LogP contribution in [0.25, 0.3) is 22.8 Å². The molecule has 0 spiro atoms. The Morgan fingerprint density at radius 2 is 1.97 bits per heavy atom.